The maximum absolute atomic E-state index is 11.6. The van der Waals surface area contributed by atoms with Crippen LogP contribution in [0.5, 0.6) is 0 Å². The van der Waals surface area contributed by atoms with Gasteiger partial charge in [0.2, 0.25) is 5.91 Å². The standard InChI is InChI=1S/C15H20N4O3/c20-13-5-2-8-19(13)9-3-7-17-14(21)15(22)18-11-12-4-1-6-16-10-12/h1,4,6,10H,2-3,5,7-9,11H2,(H,17,21)(H,18,22). The number of carbonyl (C=O) groups is 3. The number of likely N-dealkylation sites (tertiary alicyclic amines) is 1. The molecule has 0 unspecified atom stereocenters. The van der Waals surface area contributed by atoms with Gasteiger partial charge in [0, 0.05) is 45.0 Å². The van der Waals surface area contributed by atoms with E-state index in [4.69, 9.17) is 0 Å². The van der Waals surface area contributed by atoms with Crippen molar-refractivity contribution in [2.24, 2.45) is 0 Å². The molecule has 1 aliphatic heterocycles. The van der Waals surface area contributed by atoms with Crippen molar-refractivity contribution < 1.29 is 14.4 Å². The Balaban J connectivity index is 1.60. The summed E-state index contributed by atoms with van der Waals surface area (Å²) in [4.78, 5) is 40.3. The minimum Gasteiger partial charge on any atom is -0.348 e. The molecule has 2 rings (SSSR count). The number of amides is 3. The van der Waals surface area contributed by atoms with E-state index in [2.05, 4.69) is 15.6 Å². The summed E-state index contributed by atoms with van der Waals surface area (Å²) in [6.45, 7) is 2.06. The topological polar surface area (TPSA) is 91.4 Å². The summed E-state index contributed by atoms with van der Waals surface area (Å²) in [7, 11) is 0. The quantitative estimate of drug-likeness (QED) is 0.564. The van der Waals surface area contributed by atoms with E-state index >= 15 is 0 Å². The number of nitrogens with one attached hydrogen (secondary N) is 2. The molecule has 118 valence electrons. The van der Waals surface area contributed by atoms with Crippen LogP contribution in [-0.4, -0.2) is 47.2 Å². The lowest BCUT2D eigenvalue weighted by atomic mass is 10.3. The van der Waals surface area contributed by atoms with Crippen LogP contribution in [0.15, 0.2) is 24.5 Å². The zero-order valence-corrected chi connectivity index (χ0v) is 12.4. The van der Waals surface area contributed by atoms with E-state index in [-0.39, 0.29) is 12.5 Å². The van der Waals surface area contributed by atoms with E-state index in [1.54, 1.807) is 23.4 Å². The maximum Gasteiger partial charge on any atom is 0.309 e. The number of hydrogen-bond donors (Lipinski definition) is 2. The van der Waals surface area contributed by atoms with Gasteiger partial charge < -0.3 is 15.5 Å². The highest BCUT2D eigenvalue weighted by Crippen LogP contribution is 2.09. The first-order valence-electron chi connectivity index (χ1n) is 7.39. The lowest BCUT2D eigenvalue weighted by Crippen LogP contribution is -2.40. The summed E-state index contributed by atoms with van der Waals surface area (Å²) in [6.07, 6.45) is 5.44. The molecular weight excluding hydrogens is 284 g/mol. The Hall–Kier alpha value is -2.44. The second kappa shape index (κ2) is 8.11. The van der Waals surface area contributed by atoms with Gasteiger partial charge in [-0.15, -0.1) is 0 Å². The Bertz CT molecular complexity index is 533. The van der Waals surface area contributed by atoms with E-state index in [1.165, 1.54) is 0 Å². The van der Waals surface area contributed by atoms with Crippen molar-refractivity contribution in [1.82, 2.24) is 20.5 Å². The normalized spacial score (nSPS) is 14.0. The summed E-state index contributed by atoms with van der Waals surface area (Å²) in [5, 5.41) is 5.09. The van der Waals surface area contributed by atoms with Gasteiger partial charge in [-0.05, 0) is 24.5 Å². The van der Waals surface area contributed by atoms with Crippen molar-refractivity contribution in [2.45, 2.75) is 25.8 Å². The van der Waals surface area contributed by atoms with Gasteiger partial charge in [0.25, 0.3) is 0 Å². The average Bonchev–Trinajstić information content (AvgIpc) is 2.95. The maximum atomic E-state index is 11.6. The van der Waals surface area contributed by atoms with E-state index in [9.17, 15) is 14.4 Å². The fraction of sp³-hybridized carbons (Fsp3) is 0.467. The third kappa shape index (κ3) is 4.83. The Morgan fingerprint density at radius 2 is 2.09 bits per heavy atom. The average molecular weight is 304 g/mol. The second-order valence-electron chi connectivity index (χ2n) is 5.14. The molecule has 3 amide bonds. The molecule has 1 saturated heterocycles. The first-order valence-corrected chi connectivity index (χ1v) is 7.39. The van der Waals surface area contributed by atoms with E-state index < -0.39 is 11.8 Å². The fourth-order valence-electron chi connectivity index (χ4n) is 2.26. The monoisotopic (exact) mass is 304 g/mol. The predicted octanol–water partition coefficient (Wildman–Crippen LogP) is -0.173. The highest BCUT2D eigenvalue weighted by molar-refractivity contribution is 6.35. The molecule has 7 nitrogen and oxygen atoms in total. The van der Waals surface area contributed by atoms with Gasteiger partial charge in [0.15, 0.2) is 0 Å². The van der Waals surface area contributed by atoms with Gasteiger partial charge in [-0.3, -0.25) is 19.4 Å². The van der Waals surface area contributed by atoms with Crippen LogP contribution >= 0.6 is 0 Å². The number of aromatic nitrogens is 1. The van der Waals surface area contributed by atoms with Gasteiger partial charge in [-0.1, -0.05) is 6.07 Å². The van der Waals surface area contributed by atoms with Crippen LogP contribution in [0.25, 0.3) is 0 Å². The molecule has 0 aromatic carbocycles. The molecule has 1 aromatic heterocycles. The Morgan fingerprint density at radius 1 is 1.27 bits per heavy atom. The highest BCUT2D eigenvalue weighted by atomic mass is 16.2. The SMILES string of the molecule is O=C(NCCCN1CCCC1=O)C(=O)NCc1cccnc1. The molecule has 1 aliphatic rings. The molecule has 2 heterocycles. The van der Waals surface area contributed by atoms with Crippen molar-refractivity contribution in [3.63, 3.8) is 0 Å². The van der Waals surface area contributed by atoms with E-state index in [0.717, 1.165) is 18.5 Å². The minimum absolute atomic E-state index is 0.167. The second-order valence-corrected chi connectivity index (χ2v) is 5.14. The number of pyridine rings is 1. The van der Waals surface area contributed by atoms with Crippen LogP contribution in [0.3, 0.4) is 0 Å². The molecule has 0 radical (unpaired) electrons. The summed E-state index contributed by atoms with van der Waals surface area (Å²) in [5.41, 5.74) is 0.830. The number of nitrogens with zero attached hydrogens (tertiary/aromatic N) is 2. The molecule has 0 saturated carbocycles. The first kappa shape index (κ1) is 15.9. The van der Waals surface area contributed by atoms with Crippen molar-refractivity contribution >= 4 is 17.7 Å². The van der Waals surface area contributed by atoms with Crippen molar-refractivity contribution in [2.75, 3.05) is 19.6 Å². The molecule has 1 fully saturated rings. The largest absolute Gasteiger partial charge is 0.348 e. The number of rotatable bonds is 6. The molecule has 1 aromatic rings. The Kier molecular flexibility index (Phi) is 5.88. The van der Waals surface area contributed by atoms with Crippen LogP contribution in [0.2, 0.25) is 0 Å². The van der Waals surface area contributed by atoms with Crippen molar-refractivity contribution in [3.05, 3.63) is 30.1 Å². The van der Waals surface area contributed by atoms with Gasteiger partial charge in [0.05, 0.1) is 0 Å². The molecule has 0 aliphatic carbocycles. The Labute approximate surface area is 129 Å². The van der Waals surface area contributed by atoms with Crippen molar-refractivity contribution in [1.29, 1.82) is 0 Å². The van der Waals surface area contributed by atoms with Crippen LogP contribution in [0.1, 0.15) is 24.8 Å². The van der Waals surface area contributed by atoms with Crippen LogP contribution in [-0.2, 0) is 20.9 Å². The smallest absolute Gasteiger partial charge is 0.309 e. The number of carbonyl (C=O) groups excluding carboxylic acids is 3. The summed E-state index contributed by atoms with van der Waals surface area (Å²) in [6, 6.07) is 3.58. The van der Waals surface area contributed by atoms with E-state index in [0.29, 0.717) is 25.9 Å². The zero-order valence-electron chi connectivity index (χ0n) is 12.4. The molecule has 22 heavy (non-hydrogen) atoms. The molecular formula is C15H20N4O3. The summed E-state index contributed by atoms with van der Waals surface area (Å²) < 4.78 is 0. The fourth-order valence-corrected chi connectivity index (χ4v) is 2.26. The molecule has 0 bridgehead atoms. The molecule has 2 N–H and O–H groups in total. The number of hydrogen-bond acceptors (Lipinski definition) is 4. The van der Waals surface area contributed by atoms with Gasteiger partial charge in [0.1, 0.15) is 0 Å². The van der Waals surface area contributed by atoms with E-state index in [1.807, 2.05) is 6.07 Å². The molecule has 0 spiro atoms. The van der Waals surface area contributed by atoms with Crippen LogP contribution in [0.4, 0.5) is 0 Å². The van der Waals surface area contributed by atoms with Gasteiger partial charge >= 0.3 is 11.8 Å². The minimum atomic E-state index is -0.666. The lowest BCUT2D eigenvalue weighted by Gasteiger charge is -2.15. The summed E-state index contributed by atoms with van der Waals surface area (Å²) in [5.74, 6) is -1.15. The third-order valence-electron chi connectivity index (χ3n) is 3.44. The molecule has 7 heteroatoms. The third-order valence-corrected chi connectivity index (χ3v) is 3.44. The highest BCUT2D eigenvalue weighted by Gasteiger charge is 2.19. The van der Waals surface area contributed by atoms with Gasteiger partial charge in [-0.25, -0.2) is 0 Å². The van der Waals surface area contributed by atoms with Crippen LogP contribution in [0, 0.1) is 0 Å². The predicted molar refractivity (Wildman–Crippen MR) is 79.5 cm³/mol. The van der Waals surface area contributed by atoms with Crippen LogP contribution < -0.4 is 10.6 Å². The zero-order chi connectivity index (χ0) is 15.8. The molecule has 0 atom stereocenters. The summed E-state index contributed by atoms with van der Waals surface area (Å²) >= 11 is 0. The van der Waals surface area contributed by atoms with Crippen molar-refractivity contribution in [3.8, 4) is 0 Å². The first-order chi connectivity index (χ1) is 10.7. The lowest BCUT2D eigenvalue weighted by molar-refractivity contribution is -0.139. The Morgan fingerprint density at radius 3 is 2.77 bits per heavy atom. The van der Waals surface area contributed by atoms with Gasteiger partial charge in [-0.2, -0.15) is 0 Å².